The zero-order valence-electron chi connectivity index (χ0n) is 12.3. The topological polar surface area (TPSA) is 39.4 Å². The number of carbonyl (C=O) groups is 1. The van der Waals surface area contributed by atoms with E-state index in [0.717, 1.165) is 12.1 Å². The minimum atomic E-state index is -4.43. The van der Waals surface area contributed by atoms with E-state index in [0.29, 0.717) is 0 Å². The van der Waals surface area contributed by atoms with Gasteiger partial charge in [0.2, 0.25) is 14.1 Å². The van der Waals surface area contributed by atoms with Crippen LogP contribution in [0.4, 0.5) is 13.2 Å². The quantitative estimate of drug-likeness (QED) is 0.748. The van der Waals surface area contributed by atoms with Crippen LogP contribution in [-0.2, 0) is 10.6 Å². The van der Waals surface area contributed by atoms with Crippen molar-refractivity contribution in [2.45, 2.75) is 25.8 Å². The fourth-order valence-corrected chi connectivity index (χ4v) is 2.44. The van der Waals surface area contributed by atoms with Crippen molar-refractivity contribution in [3.05, 3.63) is 47.7 Å². The van der Waals surface area contributed by atoms with Gasteiger partial charge in [-0.2, -0.15) is 13.2 Å². The molecule has 0 saturated heterocycles. The second-order valence-electron chi connectivity index (χ2n) is 5.74. The molecule has 0 spiro atoms. The molecule has 0 saturated carbocycles. The number of carbonyl (C=O) groups excluding carboxylic acids is 1. The lowest BCUT2D eigenvalue weighted by Gasteiger charge is -2.15. The minimum absolute atomic E-state index is 0.0187. The molecule has 2 rings (SSSR count). The Hall–Kier alpha value is -2.02. The highest BCUT2D eigenvalue weighted by Gasteiger charge is 2.30. The van der Waals surface area contributed by atoms with Crippen LogP contribution in [0.3, 0.4) is 0 Å². The van der Waals surface area contributed by atoms with Crippen molar-refractivity contribution >= 4 is 14.3 Å². The molecule has 22 heavy (non-hydrogen) atoms. The molecule has 118 valence electrons. The zero-order chi connectivity index (χ0) is 16.5. The van der Waals surface area contributed by atoms with E-state index in [2.05, 4.69) is 0 Å². The Balaban J connectivity index is 2.27. The van der Waals surface area contributed by atoms with E-state index in [-0.39, 0.29) is 17.1 Å². The van der Waals surface area contributed by atoms with Crippen molar-refractivity contribution < 1.29 is 26.8 Å². The molecule has 0 aliphatic carbocycles. The molecular formula is C15H15F3O3Si. The third-order valence-corrected chi connectivity index (χ3v) is 3.48. The standard InChI is InChI=1S/C15H15F3O3Si/c1-22(2,3)21-14(19)13-8-7-12(20-13)10-5-4-6-11(9-10)15(16,17)18/h4-9H,1-3H3. The maximum absolute atomic E-state index is 12.7. The SMILES string of the molecule is C[Si](C)(C)OC(=O)c1ccc(-c2cccc(C(F)(F)F)c2)o1. The number of benzene rings is 1. The largest absolute Gasteiger partial charge is 0.514 e. The molecule has 2 aromatic rings. The third kappa shape index (κ3) is 4.00. The van der Waals surface area contributed by atoms with Crippen molar-refractivity contribution in [2.24, 2.45) is 0 Å². The van der Waals surface area contributed by atoms with Gasteiger partial charge in [0.1, 0.15) is 5.76 Å². The summed E-state index contributed by atoms with van der Waals surface area (Å²) in [5.74, 6) is -0.430. The van der Waals surface area contributed by atoms with Crippen LogP contribution in [0.5, 0.6) is 0 Å². The van der Waals surface area contributed by atoms with E-state index in [4.69, 9.17) is 8.84 Å². The molecule has 0 aliphatic heterocycles. The lowest BCUT2D eigenvalue weighted by molar-refractivity contribution is -0.137. The number of rotatable bonds is 3. The molecule has 0 bridgehead atoms. The summed E-state index contributed by atoms with van der Waals surface area (Å²) in [6.07, 6.45) is -4.43. The molecule has 0 atom stereocenters. The van der Waals surface area contributed by atoms with E-state index < -0.39 is 26.0 Å². The molecule has 1 aromatic heterocycles. The first-order valence-corrected chi connectivity index (χ1v) is 9.98. The second kappa shape index (κ2) is 5.64. The van der Waals surface area contributed by atoms with Crippen LogP contribution in [0.15, 0.2) is 40.8 Å². The molecule has 0 N–H and O–H groups in total. The molecular weight excluding hydrogens is 313 g/mol. The van der Waals surface area contributed by atoms with Crippen LogP contribution in [0, 0.1) is 0 Å². The smallest absolute Gasteiger partial charge is 0.416 e. The summed E-state index contributed by atoms with van der Waals surface area (Å²) in [7, 11) is -2.07. The Morgan fingerprint density at radius 1 is 1.14 bits per heavy atom. The highest BCUT2D eigenvalue weighted by Crippen LogP contribution is 2.32. The van der Waals surface area contributed by atoms with Gasteiger partial charge in [0.15, 0.2) is 0 Å². The first kappa shape index (κ1) is 16.3. The van der Waals surface area contributed by atoms with E-state index >= 15 is 0 Å². The van der Waals surface area contributed by atoms with Crippen molar-refractivity contribution in [3.8, 4) is 11.3 Å². The van der Waals surface area contributed by atoms with E-state index in [1.54, 1.807) is 0 Å². The third-order valence-electron chi connectivity index (χ3n) is 2.68. The molecule has 0 radical (unpaired) electrons. The summed E-state index contributed by atoms with van der Waals surface area (Å²) in [6.45, 7) is 5.55. The molecule has 0 fully saturated rings. The summed E-state index contributed by atoms with van der Waals surface area (Å²) in [4.78, 5) is 11.9. The minimum Gasteiger partial charge on any atom is -0.514 e. The van der Waals surface area contributed by atoms with Crippen molar-refractivity contribution in [2.75, 3.05) is 0 Å². The number of hydrogen-bond acceptors (Lipinski definition) is 3. The molecule has 3 nitrogen and oxygen atoms in total. The predicted octanol–water partition coefficient (Wildman–Crippen LogP) is 4.96. The highest BCUT2D eigenvalue weighted by atomic mass is 28.4. The molecule has 0 amide bonds. The molecule has 0 aliphatic rings. The van der Waals surface area contributed by atoms with Crippen LogP contribution < -0.4 is 0 Å². The summed E-state index contributed by atoms with van der Waals surface area (Å²) in [5, 5.41) is 0. The normalized spacial score (nSPS) is 12.3. The molecule has 1 aromatic carbocycles. The van der Waals surface area contributed by atoms with Gasteiger partial charge in [-0.05, 0) is 43.9 Å². The highest BCUT2D eigenvalue weighted by molar-refractivity contribution is 6.71. The van der Waals surface area contributed by atoms with Crippen LogP contribution in [0.25, 0.3) is 11.3 Å². The van der Waals surface area contributed by atoms with Gasteiger partial charge >= 0.3 is 12.1 Å². The van der Waals surface area contributed by atoms with Crippen LogP contribution in [0.1, 0.15) is 16.1 Å². The average molecular weight is 328 g/mol. The predicted molar refractivity (Wildman–Crippen MR) is 77.9 cm³/mol. The van der Waals surface area contributed by atoms with Gasteiger partial charge < -0.3 is 8.84 Å². The van der Waals surface area contributed by atoms with E-state index in [1.165, 1.54) is 24.3 Å². The van der Waals surface area contributed by atoms with Gasteiger partial charge in [-0.1, -0.05) is 12.1 Å². The first-order valence-electron chi connectivity index (χ1n) is 6.57. The Labute approximate surface area is 126 Å². The van der Waals surface area contributed by atoms with E-state index in [9.17, 15) is 18.0 Å². The number of halogens is 3. The van der Waals surface area contributed by atoms with Crippen LogP contribution in [0.2, 0.25) is 19.6 Å². The van der Waals surface area contributed by atoms with Gasteiger partial charge in [-0.15, -0.1) is 0 Å². The maximum Gasteiger partial charge on any atom is 0.416 e. The molecule has 1 heterocycles. The average Bonchev–Trinajstić information content (AvgIpc) is 2.85. The lowest BCUT2D eigenvalue weighted by atomic mass is 10.1. The second-order valence-corrected chi connectivity index (χ2v) is 10.2. The number of alkyl halides is 3. The molecule has 0 unspecified atom stereocenters. The van der Waals surface area contributed by atoms with Gasteiger partial charge in [0, 0.05) is 5.56 Å². The summed E-state index contributed by atoms with van der Waals surface area (Å²) < 4.78 is 48.7. The summed E-state index contributed by atoms with van der Waals surface area (Å²) >= 11 is 0. The number of furan rings is 1. The first-order chi connectivity index (χ1) is 10.1. The van der Waals surface area contributed by atoms with Gasteiger partial charge in [0.25, 0.3) is 0 Å². The van der Waals surface area contributed by atoms with Crippen molar-refractivity contribution in [1.29, 1.82) is 0 Å². The van der Waals surface area contributed by atoms with Crippen LogP contribution >= 0.6 is 0 Å². The zero-order valence-corrected chi connectivity index (χ0v) is 13.3. The Kier molecular flexibility index (Phi) is 4.19. The van der Waals surface area contributed by atoms with Gasteiger partial charge in [0.05, 0.1) is 5.56 Å². The fraction of sp³-hybridized carbons (Fsp3) is 0.267. The Bertz CT molecular complexity index is 684. The fourth-order valence-electron chi connectivity index (χ4n) is 1.78. The summed E-state index contributed by atoms with van der Waals surface area (Å²) in [5.41, 5.74) is -0.519. The maximum atomic E-state index is 12.7. The monoisotopic (exact) mass is 328 g/mol. The summed E-state index contributed by atoms with van der Waals surface area (Å²) in [6, 6.07) is 7.59. The van der Waals surface area contributed by atoms with Gasteiger partial charge in [-0.3, -0.25) is 0 Å². The molecule has 7 heteroatoms. The van der Waals surface area contributed by atoms with Crippen molar-refractivity contribution in [3.63, 3.8) is 0 Å². The van der Waals surface area contributed by atoms with Crippen molar-refractivity contribution in [1.82, 2.24) is 0 Å². The Morgan fingerprint density at radius 2 is 1.82 bits per heavy atom. The van der Waals surface area contributed by atoms with Gasteiger partial charge in [-0.25, -0.2) is 4.79 Å². The number of hydrogen-bond donors (Lipinski definition) is 0. The lowest BCUT2D eigenvalue weighted by Crippen LogP contribution is -2.28. The van der Waals surface area contributed by atoms with Crippen LogP contribution in [-0.4, -0.2) is 14.3 Å². The Morgan fingerprint density at radius 3 is 2.41 bits per heavy atom. The van der Waals surface area contributed by atoms with E-state index in [1.807, 2.05) is 19.6 Å².